The van der Waals surface area contributed by atoms with Crippen LogP contribution in [0.2, 0.25) is 5.02 Å². The van der Waals surface area contributed by atoms with E-state index >= 15 is 0 Å². The number of nitrogens with one attached hydrogen (secondary N) is 1. The summed E-state index contributed by atoms with van der Waals surface area (Å²) in [6.45, 7) is 6.78. The number of rotatable bonds is 4. The van der Waals surface area contributed by atoms with E-state index in [0.29, 0.717) is 5.02 Å². The second-order valence-electron chi connectivity index (χ2n) is 4.10. The van der Waals surface area contributed by atoms with Crippen LogP contribution in [0.1, 0.15) is 6.92 Å². The summed E-state index contributed by atoms with van der Waals surface area (Å²) in [6.07, 6.45) is 1.94. The molecule has 4 nitrogen and oxygen atoms in total. The number of halogens is 1. The number of nitrogens with zero attached hydrogens (tertiary/aromatic N) is 2. The summed E-state index contributed by atoms with van der Waals surface area (Å²) in [5.41, 5.74) is 0. The van der Waals surface area contributed by atoms with Gasteiger partial charge in [0.1, 0.15) is 5.82 Å². The van der Waals surface area contributed by atoms with Crippen LogP contribution in [0, 0.1) is 0 Å². The zero-order chi connectivity index (χ0) is 12.1. The van der Waals surface area contributed by atoms with Gasteiger partial charge in [0, 0.05) is 25.8 Å². The highest BCUT2D eigenvalue weighted by atomic mass is 35.5. The van der Waals surface area contributed by atoms with E-state index in [1.165, 1.54) is 0 Å². The van der Waals surface area contributed by atoms with Crippen molar-refractivity contribution in [2.24, 2.45) is 0 Å². The number of likely N-dealkylation sites (N-methyl/N-ethyl adjacent to an activating group) is 1. The summed E-state index contributed by atoms with van der Waals surface area (Å²) in [5.74, 6) is 0.728. The molecule has 5 heteroatoms. The highest BCUT2D eigenvalue weighted by Gasteiger charge is 2.19. The lowest BCUT2D eigenvalue weighted by molar-refractivity contribution is -0.0192. The Morgan fingerprint density at radius 3 is 3.29 bits per heavy atom. The van der Waals surface area contributed by atoms with Gasteiger partial charge in [0.2, 0.25) is 0 Å². The third-order valence-electron chi connectivity index (χ3n) is 2.93. The van der Waals surface area contributed by atoms with Gasteiger partial charge in [0.25, 0.3) is 0 Å². The van der Waals surface area contributed by atoms with Crippen LogP contribution >= 0.6 is 11.6 Å². The smallest absolute Gasteiger partial charge is 0.144 e. The largest absolute Gasteiger partial charge is 0.374 e. The first-order valence-corrected chi connectivity index (χ1v) is 6.35. The number of hydrogen-bond acceptors (Lipinski definition) is 4. The Hall–Kier alpha value is -0.840. The van der Waals surface area contributed by atoms with Gasteiger partial charge < -0.3 is 10.1 Å². The Kier molecular flexibility index (Phi) is 4.59. The van der Waals surface area contributed by atoms with E-state index in [1.54, 1.807) is 6.20 Å². The van der Waals surface area contributed by atoms with Crippen molar-refractivity contribution in [3.8, 4) is 0 Å². The average molecular weight is 256 g/mol. The fourth-order valence-corrected chi connectivity index (χ4v) is 2.11. The molecule has 1 atom stereocenters. The maximum Gasteiger partial charge on any atom is 0.144 e. The molecule has 0 saturated carbocycles. The molecule has 1 aliphatic heterocycles. The number of hydrogen-bond donors (Lipinski definition) is 1. The Balaban J connectivity index is 1.84. The minimum Gasteiger partial charge on any atom is -0.374 e. The first-order chi connectivity index (χ1) is 8.29. The summed E-state index contributed by atoms with van der Waals surface area (Å²) in [5, 5.41) is 3.88. The lowest BCUT2D eigenvalue weighted by Gasteiger charge is -2.32. The molecule has 17 heavy (non-hydrogen) atoms. The number of anilines is 1. The number of ether oxygens (including phenoxy) is 1. The average Bonchev–Trinajstić information content (AvgIpc) is 2.38. The van der Waals surface area contributed by atoms with Gasteiger partial charge in [0.05, 0.1) is 17.7 Å². The molecule has 0 radical (unpaired) electrons. The molecule has 1 N–H and O–H groups in total. The van der Waals surface area contributed by atoms with E-state index in [-0.39, 0.29) is 6.10 Å². The molecule has 2 rings (SSSR count). The molecule has 0 aliphatic carbocycles. The number of pyridine rings is 1. The van der Waals surface area contributed by atoms with Crippen LogP contribution in [0.5, 0.6) is 0 Å². The third kappa shape index (κ3) is 3.56. The molecule has 1 fully saturated rings. The SMILES string of the molecule is CCN1CCOC(CNc2ncccc2Cl)C1. The van der Waals surface area contributed by atoms with Gasteiger partial charge in [-0.05, 0) is 18.7 Å². The van der Waals surface area contributed by atoms with Crippen LogP contribution in [0.15, 0.2) is 18.3 Å². The van der Waals surface area contributed by atoms with E-state index in [1.807, 2.05) is 12.1 Å². The fourth-order valence-electron chi connectivity index (χ4n) is 1.92. The maximum absolute atomic E-state index is 6.02. The van der Waals surface area contributed by atoms with Gasteiger partial charge in [-0.2, -0.15) is 0 Å². The van der Waals surface area contributed by atoms with Crippen LogP contribution in [-0.4, -0.2) is 48.8 Å². The summed E-state index contributed by atoms with van der Waals surface area (Å²) in [6, 6.07) is 3.65. The van der Waals surface area contributed by atoms with E-state index in [9.17, 15) is 0 Å². The van der Waals surface area contributed by atoms with Gasteiger partial charge in [-0.1, -0.05) is 18.5 Å². The fraction of sp³-hybridized carbons (Fsp3) is 0.583. The monoisotopic (exact) mass is 255 g/mol. The van der Waals surface area contributed by atoms with Gasteiger partial charge >= 0.3 is 0 Å². The van der Waals surface area contributed by atoms with Crippen LogP contribution in [0.4, 0.5) is 5.82 Å². The van der Waals surface area contributed by atoms with Gasteiger partial charge in [0.15, 0.2) is 0 Å². The van der Waals surface area contributed by atoms with Crippen LogP contribution in [0.3, 0.4) is 0 Å². The molecule has 0 aromatic carbocycles. The first-order valence-electron chi connectivity index (χ1n) is 5.98. The van der Waals surface area contributed by atoms with Crippen molar-refractivity contribution < 1.29 is 4.74 Å². The van der Waals surface area contributed by atoms with E-state index in [2.05, 4.69) is 22.1 Å². The molecule has 2 heterocycles. The van der Waals surface area contributed by atoms with Crippen molar-refractivity contribution in [3.63, 3.8) is 0 Å². The Morgan fingerprint density at radius 2 is 2.53 bits per heavy atom. The molecule has 1 aliphatic rings. The zero-order valence-electron chi connectivity index (χ0n) is 10.0. The molecule has 0 spiro atoms. The van der Waals surface area contributed by atoms with Crippen LogP contribution in [-0.2, 0) is 4.74 Å². The lowest BCUT2D eigenvalue weighted by atomic mass is 10.2. The molecule has 0 amide bonds. The van der Waals surface area contributed by atoms with E-state index in [0.717, 1.165) is 38.6 Å². The number of aromatic nitrogens is 1. The quantitative estimate of drug-likeness (QED) is 0.891. The highest BCUT2D eigenvalue weighted by Crippen LogP contribution is 2.17. The van der Waals surface area contributed by atoms with Crippen LogP contribution in [0.25, 0.3) is 0 Å². The van der Waals surface area contributed by atoms with E-state index in [4.69, 9.17) is 16.3 Å². The summed E-state index contributed by atoms with van der Waals surface area (Å²) in [7, 11) is 0. The molecule has 1 aromatic heterocycles. The van der Waals surface area contributed by atoms with Gasteiger partial charge in [-0.25, -0.2) is 4.98 Å². The third-order valence-corrected chi connectivity index (χ3v) is 3.23. The first kappa shape index (κ1) is 12.6. The van der Waals surface area contributed by atoms with E-state index < -0.39 is 0 Å². The molecule has 1 aromatic rings. The van der Waals surface area contributed by atoms with Crippen molar-refractivity contribution in [1.29, 1.82) is 0 Å². The topological polar surface area (TPSA) is 37.4 Å². The van der Waals surface area contributed by atoms with Crippen LogP contribution < -0.4 is 5.32 Å². The Labute approximate surface area is 107 Å². The second kappa shape index (κ2) is 6.19. The molecule has 0 bridgehead atoms. The predicted molar refractivity (Wildman–Crippen MR) is 69.6 cm³/mol. The van der Waals surface area contributed by atoms with Gasteiger partial charge in [-0.3, -0.25) is 4.90 Å². The summed E-state index contributed by atoms with van der Waals surface area (Å²) < 4.78 is 5.70. The normalized spacial score (nSPS) is 21.4. The summed E-state index contributed by atoms with van der Waals surface area (Å²) in [4.78, 5) is 6.57. The Bertz CT molecular complexity index is 361. The van der Waals surface area contributed by atoms with Crippen molar-refractivity contribution in [1.82, 2.24) is 9.88 Å². The minimum absolute atomic E-state index is 0.210. The molecule has 1 saturated heterocycles. The predicted octanol–water partition coefficient (Wildman–Crippen LogP) is 1.87. The molecular formula is C12H18ClN3O. The van der Waals surface area contributed by atoms with Crippen molar-refractivity contribution in [3.05, 3.63) is 23.4 Å². The Morgan fingerprint density at radius 1 is 1.65 bits per heavy atom. The lowest BCUT2D eigenvalue weighted by Crippen LogP contribution is -2.45. The molecule has 1 unspecified atom stereocenters. The highest BCUT2D eigenvalue weighted by molar-refractivity contribution is 6.32. The molecule has 94 valence electrons. The maximum atomic E-state index is 6.02. The zero-order valence-corrected chi connectivity index (χ0v) is 10.8. The molecular weight excluding hydrogens is 238 g/mol. The van der Waals surface area contributed by atoms with Crippen molar-refractivity contribution >= 4 is 17.4 Å². The van der Waals surface area contributed by atoms with Gasteiger partial charge in [-0.15, -0.1) is 0 Å². The van der Waals surface area contributed by atoms with Crippen molar-refractivity contribution in [2.45, 2.75) is 13.0 Å². The summed E-state index contributed by atoms with van der Waals surface area (Å²) >= 11 is 6.02. The second-order valence-corrected chi connectivity index (χ2v) is 4.51. The minimum atomic E-state index is 0.210. The van der Waals surface area contributed by atoms with Crippen molar-refractivity contribution in [2.75, 3.05) is 38.1 Å². The number of morpholine rings is 1. The standard InChI is InChI=1S/C12H18ClN3O/c1-2-16-6-7-17-10(9-16)8-15-12-11(13)4-3-5-14-12/h3-5,10H,2,6-9H2,1H3,(H,14,15).